The highest BCUT2D eigenvalue weighted by Crippen LogP contribution is 2.35. The summed E-state index contributed by atoms with van der Waals surface area (Å²) in [5, 5.41) is 21.3. The summed E-state index contributed by atoms with van der Waals surface area (Å²) in [6.45, 7) is 6.44. The van der Waals surface area contributed by atoms with Crippen molar-refractivity contribution in [2.75, 3.05) is 24.6 Å². The molecule has 0 amide bonds. The van der Waals surface area contributed by atoms with Gasteiger partial charge < -0.3 is 9.64 Å². The number of anilines is 1. The number of halogens is 1. The average Bonchev–Trinajstić information content (AvgIpc) is 3.33. The standard InChI is InChI=1S/C18H21ClN6OS/c1-11(2)22-16-10-25(5-6-26-16)18-24-23-17(27-18)14-4-3-12(7-15(14)19)13-8-20-21-9-13/h3-4,7-9,11,16,22H,5-6,10H2,1-2H3,(H,20,21). The Balaban J connectivity index is 1.52. The average molecular weight is 405 g/mol. The summed E-state index contributed by atoms with van der Waals surface area (Å²) in [4.78, 5) is 2.21. The first kappa shape index (κ1) is 18.4. The van der Waals surface area contributed by atoms with Gasteiger partial charge in [0.2, 0.25) is 5.13 Å². The van der Waals surface area contributed by atoms with E-state index in [1.165, 1.54) is 0 Å². The Morgan fingerprint density at radius 2 is 2.22 bits per heavy atom. The Labute approximate surface area is 166 Å². The summed E-state index contributed by atoms with van der Waals surface area (Å²) in [6.07, 6.45) is 3.62. The van der Waals surface area contributed by atoms with Crippen molar-refractivity contribution >= 4 is 28.1 Å². The first-order valence-corrected chi connectivity index (χ1v) is 10.0. The number of nitrogens with one attached hydrogen (secondary N) is 2. The molecule has 0 spiro atoms. The molecular weight excluding hydrogens is 384 g/mol. The molecule has 4 rings (SSSR count). The second kappa shape index (κ2) is 7.93. The molecule has 7 nitrogen and oxygen atoms in total. The SMILES string of the molecule is CC(C)NC1CN(c2nnc(-c3ccc(-c4cn[nH]c4)cc3Cl)s2)CCO1. The molecular formula is C18H21ClN6OS. The quantitative estimate of drug-likeness (QED) is 0.678. The lowest BCUT2D eigenvalue weighted by molar-refractivity contribution is 0.0130. The van der Waals surface area contributed by atoms with Crippen LogP contribution in [-0.2, 0) is 4.74 Å². The van der Waals surface area contributed by atoms with Gasteiger partial charge in [0.25, 0.3) is 0 Å². The molecule has 1 unspecified atom stereocenters. The molecule has 1 aliphatic heterocycles. The maximum absolute atomic E-state index is 6.52. The molecule has 0 saturated carbocycles. The molecule has 2 N–H and O–H groups in total. The van der Waals surface area contributed by atoms with Gasteiger partial charge in [-0.2, -0.15) is 5.10 Å². The van der Waals surface area contributed by atoms with E-state index in [1.807, 2.05) is 24.4 Å². The lowest BCUT2D eigenvalue weighted by Gasteiger charge is -2.33. The van der Waals surface area contributed by atoms with Crippen LogP contribution in [0.2, 0.25) is 5.02 Å². The van der Waals surface area contributed by atoms with Gasteiger partial charge in [0.15, 0.2) is 5.01 Å². The number of hydrogen-bond donors (Lipinski definition) is 2. The van der Waals surface area contributed by atoms with Gasteiger partial charge in [-0.3, -0.25) is 10.4 Å². The lowest BCUT2D eigenvalue weighted by Crippen LogP contribution is -2.51. The maximum atomic E-state index is 6.52. The van der Waals surface area contributed by atoms with Gasteiger partial charge in [-0.05, 0) is 31.5 Å². The first-order chi connectivity index (χ1) is 13.1. The number of H-pyrrole nitrogens is 1. The summed E-state index contributed by atoms with van der Waals surface area (Å²) >= 11 is 8.07. The Kier molecular flexibility index (Phi) is 5.40. The number of nitrogens with zero attached hydrogens (tertiary/aromatic N) is 4. The summed E-state index contributed by atoms with van der Waals surface area (Å²) in [5.74, 6) is 0. The topological polar surface area (TPSA) is 79.0 Å². The Morgan fingerprint density at radius 3 is 2.96 bits per heavy atom. The number of aromatic amines is 1. The van der Waals surface area contributed by atoms with E-state index in [0.29, 0.717) is 17.7 Å². The predicted octanol–water partition coefficient (Wildman–Crippen LogP) is 3.41. The number of benzene rings is 1. The van der Waals surface area contributed by atoms with Crippen molar-refractivity contribution in [2.45, 2.75) is 26.1 Å². The van der Waals surface area contributed by atoms with Crippen molar-refractivity contribution in [2.24, 2.45) is 0 Å². The molecule has 142 valence electrons. The summed E-state index contributed by atoms with van der Waals surface area (Å²) in [7, 11) is 0. The van der Waals surface area contributed by atoms with Gasteiger partial charge in [0, 0.05) is 29.9 Å². The fourth-order valence-corrected chi connectivity index (χ4v) is 4.27. The van der Waals surface area contributed by atoms with E-state index in [9.17, 15) is 0 Å². The minimum atomic E-state index is 0.00364. The lowest BCUT2D eigenvalue weighted by atomic mass is 10.1. The van der Waals surface area contributed by atoms with E-state index in [0.717, 1.165) is 39.9 Å². The maximum Gasteiger partial charge on any atom is 0.208 e. The van der Waals surface area contributed by atoms with Crippen LogP contribution in [0, 0.1) is 0 Å². The van der Waals surface area contributed by atoms with Crippen LogP contribution in [0.25, 0.3) is 21.7 Å². The Bertz CT molecular complexity index is 897. The number of rotatable bonds is 5. The van der Waals surface area contributed by atoms with E-state index in [-0.39, 0.29) is 6.23 Å². The van der Waals surface area contributed by atoms with Crippen LogP contribution in [-0.4, -0.2) is 52.4 Å². The zero-order chi connectivity index (χ0) is 18.8. The third-order valence-corrected chi connectivity index (χ3v) is 5.63. The smallest absolute Gasteiger partial charge is 0.208 e. The van der Waals surface area contributed by atoms with E-state index >= 15 is 0 Å². The third kappa shape index (κ3) is 4.14. The van der Waals surface area contributed by atoms with E-state index in [1.54, 1.807) is 17.5 Å². The predicted molar refractivity (Wildman–Crippen MR) is 108 cm³/mol. The second-order valence-electron chi connectivity index (χ2n) is 6.70. The van der Waals surface area contributed by atoms with Crippen molar-refractivity contribution < 1.29 is 4.74 Å². The van der Waals surface area contributed by atoms with Crippen LogP contribution in [0.3, 0.4) is 0 Å². The van der Waals surface area contributed by atoms with Crippen LogP contribution in [0.4, 0.5) is 5.13 Å². The monoisotopic (exact) mass is 404 g/mol. The summed E-state index contributed by atoms with van der Waals surface area (Å²) in [6, 6.07) is 6.30. The Morgan fingerprint density at radius 1 is 1.33 bits per heavy atom. The zero-order valence-electron chi connectivity index (χ0n) is 15.1. The van der Waals surface area contributed by atoms with Gasteiger partial charge in [-0.1, -0.05) is 29.0 Å². The highest BCUT2D eigenvalue weighted by atomic mass is 35.5. The van der Waals surface area contributed by atoms with Crippen LogP contribution in [0.15, 0.2) is 30.6 Å². The highest BCUT2D eigenvalue weighted by molar-refractivity contribution is 7.18. The van der Waals surface area contributed by atoms with E-state index in [2.05, 4.69) is 44.5 Å². The molecule has 0 bridgehead atoms. The number of hydrogen-bond acceptors (Lipinski definition) is 7. The zero-order valence-corrected chi connectivity index (χ0v) is 16.7. The van der Waals surface area contributed by atoms with Crippen molar-refractivity contribution in [3.8, 4) is 21.7 Å². The van der Waals surface area contributed by atoms with Crippen LogP contribution >= 0.6 is 22.9 Å². The van der Waals surface area contributed by atoms with Crippen molar-refractivity contribution in [1.29, 1.82) is 0 Å². The highest BCUT2D eigenvalue weighted by Gasteiger charge is 2.24. The van der Waals surface area contributed by atoms with Crippen molar-refractivity contribution in [3.63, 3.8) is 0 Å². The minimum Gasteiger partial charge on any atom is -0.360 e. The second-order valence-corrected chi connectivity index (χ2v) is 8.06. The first-order valence-electron chi connectivity index (χ1n) is 8.85. The van der Waals surface area contributed by atoms with E-state index < -0.39 is 0 Å². The fourth-order valence-electron chi connectivity index (χ4n) is 3.02. The van der Waals surface area contributed by atoms with Gasteiger partial charge in [0.05, 0.1) is 24.4 Å². The molecule has 3 aromatic rings. The normalized spacial score (nSPS) is 17.6. The number of aromatic nitrogens is 4. The van der Waals surface area contributed by atoms with Crippen molar-refractivity contribution in [1.82, 2.24) is 25.7 Å². The van der Waals surface area contributed by atoms with Crippen LogP contribution in [0.5, 0.6) is 0 Å². The molecule has 2 aromatic heterocycles. The molecule has 1 atom stereocenters. The van der Waals surface area contributed by atoms with Crippen LogP contribution < -0.4 is 10.2 Å². The summed E-state index contributed by atoms with van der Waals surface area (Å²) in [5.41, 5.74) is 2.90. The molecule has 0 radical (unpaired) electrons. The minimum absolute atomic E-state index is 0.00364. The number of morpholine rings is 1. The molecule has 1 aromatic carbocycles. The Hall–Kier alpha value is -2.00. The molecule has 27 heavy (non-hydrogen) atoms. The van der Waals surface area contributed by atoms with Crippen molar-refractivity contribution in [3.05, 3.63) is 35.6 Å². The molecule has 1 saturated heterocycles. The van der Waals surface area contributed by atoms with Gasteiger partial charge >= 0.3 is 0 Å². The van der Waals surface area contributed by atoms with Gasteiger partial charge in [0.1, 0.15) is 6.23 Å². The van der Waals surface area contributed by atoms with Gasteiger partial charge in [-0.25, -0.2) is 0 Å². The molecule has 1 fully saturated rings. The third-order valence-electron chi connectivity index (χ3n) is 4.30. The number of ether oxygens (including phenoxy) is 1. The van der Waals surface area contributed by atoms with Gasteiger partial charge in [-0.15, -0.1) is 10.2 Å². The van der Waals surface area contributed by atoms with E-state index in [4.69, 9.17) is 16.3 Å². The molecule has 1 aliphatic rings. The molecule has 3 heterocycles. The largest absolute Gasteiger partial charge is 0.360 e. The molecule has 0 aliphatic carbocycles. The van der Waals surface area contributed by atoms with Crippen LogP contribution in [0.1, 0.15) is 13.8 Å². The summed E-state index contributed by atoms with van der Waals surface area (Å²) < 4.78 is 5.77. The fraction of sp³-hybridized carbons (Fsp3) is 0.389. The molecule has 9 heteroatoms.